The van der Waals surface area contributed by atoms with E-state index in [9.17, 15) is 9.59 Å². The molecular formula is C12H13BrClNO4. The van der Waals surface area contributed by atoms with E-state index < -0.39 is 11.3 Å². The smallest absolute Gasteiger partial charge is 0.325 e. The average Bonchev–Trinajstić information content (AvgIpc) is 2.43. The Labute approximate surface area is 124 Å². The third-order valence-corrected chi connectivity index (χ3v) is 3.26. The number of benzene rings is 1. The number of methoxy groups -OCH3 is 2. The quantitative estimate of drug-likeness (QED) is 0.651. The zero-order valence-electron chi connectivity index (χ0n) is 10.4. The first kappa shape index (κ1) is 15.8. The second-order valence-corrected chi connectivity index (χ2v) is 4.93. The normalized spacial score (nSPS) is 11.6. The second kappa shape index (κ2) is 7.35. The number of carbonyl (C=O) groups is 2. The van der Waals surface area contributed by atoms with E-state index in [-0.39, 0.29) is 12.5 Å². The first-order valence-corrected chi connectivity index (χ1v) is 6.56. The molecule has 1 rings (SSSR count). The van der Waals surface area contributed by atoms with Crippen LogP contribution in [0.25, 0.3) is 0 Å². The zero-order valence-corrected chi connectivity index (χ0v) is 12.7. The molecule has 5 nitrogen and oxygen atoms in total. The van der Waals surface area contributed by atoms with Gasteiger partial charge in [-0.1, -0.05) is 0 Å². The highest BCUT2D eigenvalue weighted by Crippen LogP contribution is 2.25. The van der Waals surface area contributed by atoms with Crippen molar-refractivity contribution in [1.29, 1.82) is 0 Å². The van der Waals surface area contributed by atoms with Crippen LogP contribution < -0.4 is 10.1 Å². The molecule has 0 spiro atoms. The number of halogens is 2. The molecule has 1 unspecified atom stereocenters. The number of alkyl halides is 1. The molecule has 0 aliphatic carbocycles. The van der Waals surface area contributed by atoms with Crippen molar-refractivity contribution in [2.45, 2.75) is 5.38 Å². The molecule has 1 N–H and O–H groups in total. The molecule has 0 aliphatic rings. The predicted molar refractivity (Wildman–Crippen MR) is 74.7 cm³/mol. The van der Waals surface area contributed by atoms with Gasteiger partial charge in [0.05, 0.1) is 18.7 Å². The summed E-state index contributed by atoms with van der Waals surface area (Å²) in [6.07, 6.45) is 0. The molecule has 0 radical (unpaired) electrons. The van der Waals surface area contributed by atoms with Crippen LogP contribution in [0.1, 0.15) is 10.4 Å². The molecule has 19 heavy (non-hydrogen) atoms. The third kappa shape index (κ3) is 4.40. The Bertz CT molecular complexity index is 481. The number of hydrogen-bond acceptors (Lipinski definition) is 4. The van der Waals surface area contributed by atoms with Gasteiger partial charge in [0.15, 0.2) is 0 Å². The Morgan fingerprint density at radius 1 is 1.42 bits per heavy atom. The van der Waals surface area contributed by atoms with Crippen LogP contribution in [-0.2, 0) is 9.53 Å². The van der Waals surface area contributed by atoms with Crippen LogP contribution >= 0.6 is 27.5 Å². The van der Waals surface area contributed by atoms with E-state index in [1.165, 1.54) is 14.2 Å². The fourth-order valence-electron chi connectivity index (χ4n) is 1.30. The molecule has 0 aliphatic heterocycles. The summed E-state index contributed by atoms with van der Waals surface area (Å²) in [5.74, 6) is -0.294. The van der Waals surface area contributed by atoms with Crippen molar-refractivity contribution < 1.29 is 19.1 Å². The van der Waals surface area contributed by atoms with Gasteiger partial charge in [-0.25, -0.2) is 0 Å². The Hall–Kier alpha value is -1.27. The summed E-state index contributed by atoms with van der Waals surface area (Å²) in [6.45, 7) is -0.00326. The van der Waals surface area contributed by atoms with Crippen LogP contribution in [0.4, 0.5) is 0 Å². The lowest BCUT2D eigenvalue weighted by Crippen LogP contribution is -2.34. The lowest BCUT2D eigenvalue weighted by molar-refractivity contribution is -0.140. The van der Waals surface area contributed by atoms with E-state index >= 15 is 0 Å². The third-order valence-electron chi connectivity index (χ3n) is 2.31. The van der Waals surface area contributed by atoms with Gasteiger partial charge < -0.3 is 14.8 Å². The molecule has 1 aromatic carbocycles. The highest BCUT2D eigenvalue weighted by molar-refractivity contribution is 9.10. The Balaban J connectivity index is 2.64. The lowest BCUT2D eigenvalue weighted by Gasteiger charge is -2.10. The summed E-state index contributed by atoms with van der Waals surface area (Å²) < 4.78 is 10.2. The van der Waals surface area contributed by atoms with E-state index in [0.717, 1.165) is 0 Å². The zero-order chi connectivity index (χ0) is 14.4. The number of rotatable bonds is 5. The van der Waals surface area contributed by atoms with Gasteiger partial charge in [0.2, 0.25) is 0 Å². The summed E-state index contributed by atoms with van der Waals surface area (Å²) in [4.78, 5) is 22.9. The van der Waals surface area contributed by atoms with Crippen molar-refractivity contribution in [3.8, 4) is 5.75 Å². The van der Waals surface area contributed by atoms with Crippen LogP contribution in [-0.4, -0.2) is 38.0 Å². The molecular weight excluding hydrogens is 337 g/mol. The lowest BCUT2D eigenvalue weighted by atomic mass is 10.2. The monoisotopic (exact) mass is 349 g/mol. The van der Waals surface area contributed by atoms with Gasteiger partial charge in [0.25, 0.3) is 5.91 Å². The molecule has 0 fully saturated rings. The standard InChI is InChI=1S/C12H13BrClNO4/c1-18-10-4-3-7(5-8(10)13)11(16)15-6-9(14)12(17)19-2/h3-5,9H,6H2,1-2H3,(H,15,16). The molecule has 0 heterocycles. The van der Waals surface area contributed by atoms with Gasteiger partial charge in [-0.05, 0) is 34.1 Å². The highest BCUT2D eigenvalue weighted by Gasteiger charge is 2.17. The topological polar surface area (TPSA) is 64.6 Å². The van der Waals surface area contributed by atoms with Crippen molar-refractivity contribution >= 4 is 39.4 Å². The summed E-state index contributed by atoms with van der Waals surface area (Å²) in [7, 11) is 2.77. The van der Waals surface area contributed by atoms with Gasteiger partial charge in [-0.3, -0.25) is 9.59 Å². The summed E-state index contributed by atoms with van der Waals surface area (Å²) in [5.41, 5.74) is 0.432. The average molecular weight is 351 g/mol. The Morgan fingerprint density at radius 3 is 2.63 bits per heavy atom. The molecule has 1 amide bonds. The molecule has 0 aromatic heterocycles. The van der Waals surface area contributed by atoms with Crippen LogP contribution in [0.3, 0.4) is 0 Å². The van der Waals surface area contributed by atoms with Crippen molar-refractivity contribution in [1.82, 2.24) is 5.32 Å². The van der Waals surface area contributed by atoms with E-state index in [4.69, 9.17) is 16.3 Å². The van der Waals surface area contributed by atoms with Gasteiger partial charge in [0, 0.05) is 12.1 Å². The number of amides is 1. The van der Waals surface area contributed by atoms with Crippen molar-refractivity contribution in [3.05, 3.63) is 28.2 Å². The maximum atomic E-state index is 11.8. The second-order valence-electron chi connectivity index (χ2n) is 3.55. The van der Waals surface area contributed by atoms with Crippen molar-refractivity contribution in [3.63, 3.8) is 0 Å². The maximum Gasteiger partial charge on any atom is 0.325 e. The molecule has 7 heteroatoms. The molecule has 0 bridgehead atoms. The fraction of sp³-hybridized carbons (Fsp3) is 0.333. The minimum Gasteiger partial charge on any atom is -0.496 e. The minimum absolute atomic E-state index is 0.00326. The fourth-order valence-corrected chi connectivity index (χ4v) is 2.01. The number of nitrogens with one attached hydrogen (secondary N) is 1. The van der Waals surface area contributed by atoms with Gasteiger partial charge >= 0.3 is 5.97 Å². The summed E-state index contributed by atoms with van der Waals surface area (Å²) in [5, 5.41) is 1.64. The van der Waals surface area contributed by atoms with Crippen LogP contribution in [0.5, 0.6) is 5.75 Å². The summed E-state index contributed by atoms with van der Waals surface area (Å²) >= 11 is 9.01. The SMILES string of the molecule is COC(=O)C(Cl)CNC(=O)c1ccc(OC)c(Br)c1. The van der Waals surface area contributed by atoms with Gasteiger partial charge in [0.1, 0.15) is 11.1 Å². The first-order valence-electron chi connectivity index (χ1n) is 5.33. The maximum absolute atomic E-state index is 11.8. The van der Waals surface area contributed by atoms with Gasteiger partial charge in [-0.15, -0.1) is 11.6 Å². The molecule has 0 saturated heterocycles. The number of carbonyl (C=O) groups excluding carboxylic acids is 2. The van der Waals surface area contributed by atoms with Crippen LogP contribution in [0, 0.1) is 0 Å². The predicted octanol–water partition coefficient (Wildman–Crippen LogP) is 1.97. The Kier molecular flexibility index (Phi) is 6.11. The Morgan fingerprint density at radius 2 is 2.11 bits per heavy atom. The van der Waals surface area contributed by atoms with E-state index in [2.05, 4.69) is 26.0 Å². The van der Waals surface area contributed by atoms with E-state index in [0.29, 0.717) is 15.8 Å². The van der Waals surface area contributed by atoms with Crippen LogP contribution in [0.15, 0.2) is 22.7 Å². The number of hydrogen-bond donors (Lipinski definition) is 1. The van der Waals surface area contributed by atoms with Crippen molar-refractivity contribution in [2.75, 3.05) is 20.8 Å². The van der Waals surface area contributed by atoms with E-state index in [1.54, 1.807) is 18.2 Å². The minimum atomic E-state index is -0.907. The first-order chi connectivity index (χ1) is 8.99. The molecule has 104 valence electrons. The number of esters is 1. The van der Waals surface area contributed by atoms with Gasteiger partial charge in [-0.2, -0.15) is 0 Å². The van der Waals surface area contributed by atoms with Crippen molar-refractivity contribution in [2.24, 2.45) is 0 Å². The molecule has 1 atom stereocenters. The molecule has 1 aromatic rings. The molecule has 0 saturated carbocycles. The van der Waals surface area contributed by atoms with E-state index in [1.807, 2.05) is 0 Å². The largest absolute Gasteiger partial charge is 0.496 e. The van der Waals surface area contributed by atoms with Crippen LogP contribution in [0.2, 0.25) is 0 Å². The summed E-state index contributed by atoms with van der Waals surface area (Å²) in [6, 6.07) is 4.90. The highest BCUT2D eigenvalue weighted by atomic mass is 79.9. The number of ether oxygens (including phenoxy) is 2.